The van der Waals surface area contributed by atoms with E-state index in [1.165, 1.54) is 18.6 Å². The van der Waals surface area contributed by atoms with E-state index in [1.54, 1.807) is 6.92 Å². The summed E-state index contributed by atoms with van der Waals surface area (Å²) in [5.41, 5.74) is 0.356. The highest BCUT2D eigenvalue weighted by molar-refractivity contribution is 6.29. The summed E-state index contributed by atoms with van der Waals surface area (Å²) in [5.74, 6) is 0.414. The van der Waals surface area contributed by atoms with Gasteiger partial charge >= 0.3 is 0 Å². The molecule has 82 valence electrons. The number of hydrogen-bond donors (Lipinski definition) is 1. The molecule has 0 aliphatic heterocycles. The van der Waals surface area contributed by atoms with Gasteiger partial charge < -0.3 is 9.84 Å². The van der Waals surface area contributed by atoms with Crippen molar-refractivity contribution in [1.29, 1.82) is 0 Å². The number of aryl methyl sites for hydroxylation is 1. The lowest BCUT2D eigenvalue weighted by molar-refractivity contribution is 0.102. The molecule has 0 aliphatic carbocycles. The quantitative estimate of drug-likeness (QED) is 0.805. The first-order valence-corrected chi connectivity index (χ1v) is 4.75. The summed E-state index contributed by atoms with van der Waals surface area (Å²) in [6, 6.07) is 1.45. The van der Waals surface area contributed by atoms with Crippen LogP contribution in [0.25, 0.3) is 0 Å². The zero-order valence-corrected chi connectivity index (χ0v) is 9.02. The molecular formula is C9H7ClN4O2. The molecule has 0 spiro atoms. The van der Waals surface area contributed by atoms with Crippen LogP contribution in [-0.4, -0.2) is 21.0 Å². The minimum Gasteiger partial charge on any atom is -0.361 e. The van der Waals surface area contributed by atoms with E-state index in [2.05, 4.69) is 20.4 Å². The number of halogens is 1. The molecule has 2 aromatic rings. The normalized spacial score (nSPS) is 10.1. The van der Waals surface area contributed by atoms with Gasteiger partial charge in [0.2, 0.25) is 0 Å². The van der Waals surface area contributed by atoms with Crippen molar-refractivity contribution < 1.29 is 9.32 Å². The van der Waals surface area contributed by atoms with E-state index in [-0.39, 0.29) is 11.1 Å². The largest absolute Gasteiger partial charge is 0.361 e. The fourth-order valence-electron chi connectivity index (χ4n) is 1.10. The Bertz CT molecular complexity index is 526. The highest BCUT2D eigenvalue weighted by atomic mass is 35.5. The fourth-order valence-corrected chi connectivity index (χ4v) is 1.25. The van der Waals surface area contributed by atoms with E-state index in [4.69, 9.17) is 16.1 Å². The average Bonchev–Trinajstić information content (AvgIpc) is 2.64. The molecule has 0 atom stereocenters. The summed E-state index contributed by atoms with van der Waals surface area (Å²) in [5, 5.41) is 6.32. The van der Waals surface area contributed by atoms with Crippen molar-refractivity contribution in [2.24, 2.45) is 0 Å². The predicted molar refractivity (Wildman–Crippen MR) is 56.2 cm³/mol. The smallest absolute Gasteiger partial charge is 0.262 e. The van der Waals surface area contributed by atoms with Crippen molar-refractivity contribution in [2.45, 2.75) is 6.92 Å². The molecule has 6 nitrogen and oxygen atoms in total. The van der Waals surface area contributed by atoms with Gasteiger partial charge in [-0.1, -0.05) is 16.8 Å². The number of carbonyl (C=O) groups excluding carboxylic acids is 1. The van der Waals surface area contributed by atoms with Gasteiger partial charge in [0.15, 0.2) is 0 Å². The topological polar surface area (TPSA) is 80.9 Å². The molecule has 0 aliphatic rings. The van der Waals surface area contributed by atoms with Gasteiger partial charge in [0.25, 0.3) is 5.91 Å². The Hall–Kier alpha value is -1.95. The fraction of sp³-hybridized carbons (Fsp3) is 0.111. The van der Waals surface area contributed by atoms with E-state index < -0.39 is 0 Å². The SMILES string of the molecule is Cc1oncc1C(=O)Nc1cc(Cl)ncn1. The van der Waals surface area contributed by atoms with Crippen LogP contribution in [0.4, 0.5) is 5.82 Å². The Balaban J connectivity index is 2.17. The Morgan fingerprint density at radius 1 is 1.50 bits per heavy atom. The van der Waals surface area contributed by atoms with Crippen LogP contribution in [0.5, 0.6) is 0 Å². The Morgan fingerprint density at radius 3 is 2.94 bits per heavy atom. The zero-order valence-electron chi connectivity index (χ0n) is 8.27. The van der Waals surface area contributed by atoms with Gasteiger partial charge in [0.05, 0.1) is 6.20 Å². The van der Waals surface area contributed by atoms with Crippen LogP contribution in [0.3, 0.4) is 0 Å². The van der Waals surface area contributed by atoms with Crippen LogP contribution in [0.2, 0.25) is 5.15 Å². The molecule has 16 heavy (non-hydrogen) atoms. The molecule has 1 N–H and O–H groups in total. The summed E-state index contributed by atoms with van der Waals surface area (Å²) < 4.78 is 4.78. The highest BCUT2D eigenvalue weighted by Gasteiger charge is 2.13. The first kappa shape index (κ1) is 10.6. The molecule has 2 rings (SSSR count). The lowest BCUT2D eigenvalue weighted by atomic mass is 10.2. The molecule has 0 saturated carbocycles. The molecule has 0 aromatic carbocycles. The lowest BCUT2D eigenvalue weighted by Gasteiger charge is -2.01. The zero-order chi connectivity index (χ0) is 11.5. The Morgan fingerprint density at radius 2 is 2.31 bits per heavy atom. The van der Waals surface area contributed by atoms with Gasteiger partial charge in [-0.25, -0.2) is 9.97 Å². The van der Waals surface area contributed by atoms with Crippen molar-refractivity contribution in [1.82, 2.24) is 15.1 Å². The summed E-state index contributed by atoms with van der Waals surface area (Å²) in [6.07, 6.45) is 2.60. The minimum absolute atomic E-state index is 0.257. The van der Waals surface area contributed by atoms with Crippen molar-refractivity contribution >= 4 is 23.3 Å². The number of carbonyl (C=O) groups is 1. The lowest BCUT2D eigenvalue weighted by Crippen LogP contribution is -2.13. The second-order valence-corrected chi connectivity index (χ2v) is 3.36. The second kappa shape index (κ2) is 4.28. The summed E-state index contributed by atoms with van der Waals surface area (Å²) in [4.78, 5) is 19.2. The number of nitrogens with zero attached hydrogens (tertiary/aromatic N) is 3. The van der Waals surface area contributed by atoms with E-state index in [0.717, 1.165) is 0 Å². The minimum atomic E-state index is -0.353. The van der Waals surface area contributed by atoms with Crippen LogP contribution in [0, 0.1) is 6.92 Å². The third-order valence-electron chi connectivity index (χ3n) is 1.87. The van der Waals surface area contributed by atoms with Crippen molar-refractivity contribution in [3.05, 3.63) is 35.1 Å². The molecule has 0 bridgehead atoms. The van der Waals surface area contributed by atoms with Crippen LogP contribution < -0.4 is 5.32 Å². The maximum atomic E-state index is 11.7. The molecule has 2 aromatic heterocycles. The summed E-state index contributed by atoms with van der Waals surface area (Å²) in [7, 11) is 0. The molecule has 0 saturated heterocycles. The molecule has 0 radical (unpaired) electrons. The average molecular weight is 239 g/mol. The van der Waals surface area contributed by atoms with Gasteiger partial charge in [-0.15, -0.1) is 0 Å². The standard InChI is InChI=1S/C9H7ClN4O2/c1-5-6(3-13-16-5)9(15)14-8-2-7(10)11-4-12-8/h2-4H,1H3,(H,11,12,14,15). The second-order valence-electron chi connectivity index (χ2n) is 2.98. The van der Waals surface area contributed by atoms with Crippen LogP contribution in [-0.2, 0) is 0 Å². The monoisotopic (exact) mass is 238 g/mol. The summed E-state index contributed by atoms with van der Waals surface area (Å²) in [6.45, 7) is 1.65. The first-order chi connectivity index (χ1) is 7.66. The van der Waals surface area contributed by atoms with Crippen LogP contribution >= 0.6 is 11.6 Å². The third kappa shape index (κ3) is 2.17. The molecule has 0 fully saturated rings. The molecule has 7 heteroatoms. The van der Waals surface area contributed by atoms with Gasteiger partial charge in [-0.05, 0) is 6.92 Å². The first-order valence-electron chi connectivity index (χ1n) is 4.37. The third-order valence-corrected chi connectivity index (χ3v) is 2.08. The molecule has 1 amide bonds. The number of amides is 1. The number of hydrogen-bond acceptors (Lipinski definition) is 5. The van der Waals surface area contributed by atoms with Crippen molar-refractivity contribution in [3.8, 4) is 0 Å². The van der Waals surface area contributed by atoms with Crippen molar-refractivity contribution in [2.75, 3.05) is 5.32 Å². The molecular weight excluding hydrogens is 232 g/mol. The maximum absolute atomic E-state index is 11.7. The number of aromatic nitrogens is 3. The maximum Gasteiger partial charge on any atom is 0.262 e. The Kier molecular flexibility index (Phi) is 2.82. The van der Waals surface area contributed by atoms with E-state index >= 15 is 0 Å². The predicted octanol–water partition coefficient (Wildman–Crippen LogP) is 1.68. The number of nitrogens with one attached hydrogen (secondary N) is 1. The number of anilines is 1. The Labute approximate surface area is 95.6 Å². The van der Waals surface area contributed by atoms with Gasteiger partial charge in [-0.2, -0.15) is 0 Å². The van der Waals surface area contributed by atoms with Crippen LogP contribution in [0.1, 0.15) is 16.1 Å². The van der Waals surface area contributed by atoms with Crippen LogP contribution in [0.15, 0.2) is 23.1 Å². The van der Waals surface area contributed by atoms with Gasteiger partial charge in [0.1, 0.15) is 28.6 Å². The highest BCUT2D eigenvalue weighted by Crippen LogP contribution is 2.12. The van der Waals surface area contributed by atoms with E-state index in [9.17, 15) is 4.79 Å². The van der Waals surface area contributed by atoms with E-state index in [1.807, 2.05) is 0 Å². The number of rotatable bonds is 2. The summed E-state index contributed by atoms with van der Waals surface area (Å²) >= 11 is 5.65. The molecule has 2 heterocycles. The van der Waals surface area contributed by atoms with Gasteiger partial charge in [-0.3, -0.25) is 4.79 Å². The van der Waals surface area contributed by atoms with E-state index in [0.29, 0.717) is 17.1 Å². The van der Waals surface area contributed by atoms with Gasteiger partial charge in [0, 0.05) is 6.07 Å². The molecule has 0 unspecified atom stereocenters. The van der Waals surface area contributed by atoms with Crippen molar-refractivity contribution in [3.63, 3.8) is 0 Å².